The molecule has 0 saturated carbocycles. The van der Waals surface area contributed by atoms with Gasteiger partial charge in [0.2, 0.25) is 0 Å². The molecule has 0 aromatic heterocycles. The highest BCUT2D eigenvalue weighted by Crippen LogP contribution is 2.38. The van der Waals surface area contributed by atoms with Crippen LogP contribution in [0, 0.1) is 0 Å². The van der Waals surface area contributed by atoms with E-state index in [4.69, 9.17) is 5.11 Å². The van der Waals surface area contributed by atoms with Crippen molar-refractivity contribution in [2.45, 2.75) is 43.9 Å². The van der Waals surface area contributed by atoms with E-state index in [-0.39, 0.29) is 17.8 Å². The highest BCUT2D eigenvalue weighted by Gasteiger charge is 2.30. The summed E-state index contributed by atoms with van der Waals surface area (Å²) in [6, 6.07) is 42.8. The zero-order chi connectivity index (χ0) is 29.8. The van der Waals surface area contributed by atoms with Crippen LogP contribution in [0.1, 0.15) is 59.9 Å². The number of para-hydroxylation sites is 1. The topological polar surface area (TPSA) is 80.9 Å². The van der Waals surface area contributed by atoms with Crippen molar-refractivity contribution in [2.24, 2.45) is 0 Å². The number of aliphatic hydroxyl groups is 1. The second-order valence-electron chi connectivity index (χ2n) is 10.8. The molecule has 2 unspecified atom stereocenters. The van der Waals surface area contributed by atoms with Crippen LogP contribution in [0.2, 0.25) is 0 Å². The zero-order valence-corrected chi connectivity index (χ0v) is 24.1. The van der Waals surface area contributed by atoms with Gasteiger partial charge in [-0.15, -0.1) is 0 Å². The van der Waals surface area contributed by atoms with Crippen molar-refractivity contribution >= 4 is 0 Å². The van der Waals surface area contributed by atoms with Gasteiger partial charge in [0.05, 0.1) is 0 Å². The number of hydrogen-bond donors (Lipinski definition) is 4. The van der Waals surface area contributed by atoms with Crippen molar-refractivity contribution in [3.63, 3.8) is 0 Å². The van der Waals surface area contributed by atoms with Crippen LogP contribution in [-0.2, 0) is 11.8 Å². The molecule has 4 heteroatoms. The Morgan fingerprint density at radius 3 is 1.81 bits per heavy atom. The summed E-state index contributed by atoms with van der Waals surface area (Å²) in [4.78, 5) is 0. The molecule has 4 N–H and O–H groups in total. The highest BCUT2D eigenvalue weighted by molar-refractivity contribution is 5.45. The van der Waals surface area contributed by atoms with Crippen LogP contribution < -0.4 is 0 Å². The van der Waals surface area contributed by atoms with Crippen LogP contribution in [0.4, 0.5) is 0 Å². The third-order valence-corrected chi connectivity index (χ3v) is 7.83. The van der Waals surface area contributed by atoms with Gasteiger partial charge >= 0.3 is 0 Å². The van der Waals surface area contributed by atoms with Gasteiger partial charge in [0.1, 0.15) is 17.2 Å². The third kappa shape index (κ3) is 8.02. The maximum absolute atomic E-state index is 10.2. The van der Waals surface area contributed by atoms with Crippen LogP contribution in [0.15, 0.2) is 133 Å². The molecule has 0 heterocycles. The third-order valence-electron chi connectivity index (χ3n) is 7.83. The van der Waals surface area contributed by atoms with Gasteiger partial charge in [0.25, 0.3) is 0 Å². The summed E-state index contributed by atoms with van der Waals surface area (Å²) in [6.45, 7) is 2.39. The van der Waals surface area contributed by atoms with Gasteiger partial charge in [-0.25, -0.2) is 0 Å². The molecule has 5 aromatic carbocycles. The number of aromatic hydroxyl groups is 3. The fraction of sp³-hybridized carbons (Fsp3) is 0.211. The molecule has 42 heavy (non-hydrogen) atoms. The monoisotopic (exact) mass is 560 g/mol. The molecular weight excluding hydrogens is 520 g/mol. The molecule has 0 amide bonds. The van der Waals surface area contributed by atoms with Crippen LogP contribution in [-0.4, -0.2) is 27.0 Å². The summed E-state index contributed by atoms with van der Waals surface area (Å²) >= 11 is 0. The highest BCUT2D eigenvalue weighted by atomic mass is 16.3. The molecular formula is C38H40O4. The van der Waals surface area contributed by atoms with E-state index < -0.39 is 0 Å². The molecule has 0 aliphatic carbocycles. The maximum Gasteiger partial charge on any atom is 0.118 e. The Bertz CT molecular complexity index is 1500. The molecule has 0 saturated heterocycles. The quantitative estimate of drug-likeness (QED) is 0.129. The minimum absolute atomic E-state index is 0.247. The lowest BCUT2D eigenvalue weighted by molar-refractivity contribution is 0.282. The molecule has 0 spiro atoms. The van der Waals surface area contributed by atoms with Crippen molar-refractivity contribution < 1.29 is 20.4 Å². The smallest absolute Gasteiger partial charge is 0.118 e. The maximum atomic E-state index is 10.2. The van der Waals surface area contributed by atoms with E-state index in [9.17, 15) is 15.3 Å². The number of rotatable bonds is 10. The molecule has 5 aromatic rings. The van der Waals surface area contributed by atoms with Crippen molar-refractivity contribution in [1.29, 1.82) is 0 Å². The van der Waals surface area contributed by atoms with Crippen LogP contribution >= 0.6 is 0 Å². The van der Waals surface area contributed by atoms with Gasteiger partial charge in [-0.2, -0.15) is 0 Å². The fourth-order valence-electron chi connectivity index (χ4n) is 5.45. The minimum Gasteiger partial charge on any atom is -0.508 e. The van der Waals surface area contributed by atoms with E-state index in [0.717, 1.165) is 36.0 Å². The van der Waals surface area contributed by atoms with Gasteiger partial charge in [-0.3, -0.25) is 0 Å². The van der Waals surface area contributed by atoms with E-state index in [2.05, 4.69) is 43.3 Å². The molecule has 4 nitrogen and oxygen atoms in total. The molecule has 5 rings (SSSR count). The molecule has 2 atom stereocenters. The molecule has 0 fully saturated rings. The Kier molecular flexibility index (Phi) is 10.8. The molecule has 0 aliphatic heterocycles. The first-order valence-corrected chi connectivity index (χ1v) is 14.5. The van der Waals surface area contributed by atoms with Crippen molar-refractivity contribution in [2.75, 3.05) is 6.61 Å². The fourth-order valence-corrected chi connectivity index (χ4v) is 5.45. The standard InChI is InChI=1S/C21H20O2.C17H20O2/c1-21(17-9-3-2-4-10-17,18-11-7-12-19(22)14-18)15-16-8-5-6-13-20(16)23;18-13-5-4-8-17(14-6-2-1-3-7-14)15-9-11-16(19)12-10-15/h2-14,22-23H,15H2,1H3;1-3,6-7,9-12,17-19H,4-5,8,13H2. The predicted molar refractivity (Wildman–Crippen MR) is 170 cm³/mol. The Hall–Kier alpha value is -4.54. The normalized spacial score (nSPS) is 12.9. The van der Waals surface area contributed by atoms with Crippen LogP contribution in [0.5, 0.6) is 17.2 Å². The molecule has 216 valence electrons. The summed E-state index contributed by atoms with van der Waals surface area (Å²) in [7, 11) is 0. The lowest BCUT2D eigenvalue weighted by Crippen LogP contribution is -2.26. The van der Waals surface area contributed by atoms with Crippen molar-refractivity contribution in [3.8, 4) is 17.2 Å². The molecule has 0 aliphatic rings. The zero-order valence-electron chi connectivity index (χ0n) is 24.1. The SMILES string of the molecule is CC(Cc1ccccc1O)(c1ccccc1)c1cccc(O)c1.OCCCCC(c1ccccc1)c1ccc(O)cc1. The summed E-state index contributed by atoms with van der Waals surface area (Å²) < 4.78 is 0. The average molecular weight is 561 g/mol. The number of hydrogen-bond acceptors (Lipinski definition) is 4. The van der Waals surface area contributed by atoms with E-state index in [0.29, 0.717) is 23.8 Å². The molecule has 0 radical (unpaired) electrons. The Morgan fingerprint density at radius 2 is 1.17 bits per heavy atom. The van der Waals surface area contributed by atoms with Crippen molar-refractivity contribution in [3.05, 3.63) is 161 Å². The number of benzene rings is 5. The first-order chi connectivity index (χ1) is 20.4. The first kappa shape index (κ1) is 30.4. The van der Waals surface area contributed by atoms with Crippen LogP contribution in [0.3, 0.4) is 0 Å². The number of phenols is 3. The van der Waals surface area contributed by atoms with Gasteiger partial charge in [-0.1, -0.05) is 116 Å². The van der Waals surface area contributed by atoms with E-state index in [1.807, 2.05) is 66.7 Å². The summed E-state index contributed by atoms with van der Waals surface area (Å²) in [5.41, 5.74) is 5.20. The Balaban J connectivity index is 0.000000197. The van der Waals surface area contributed by atoms with E-state index in [1.54, 1.807) is 30.3 Å². The summed E-state index contributed by atoms with van der Waals surface area (Å²) in [6.07, 6.45) is 3.49. The Morgan fingerprint density at radius 1 is 0.571 bits per heavy atom. The van der Waals surface area contributed by atoms with Gasteiger partial charge in [-0.05, 0) is 77.4 Å². The number of unbranched alkanes of at least 4 members (excludes halogenated alkanes) is 1. The molecule has 0 bridgehead atoms. The predicted octanol–water partition coefficient (Wildman–Crippen LogP) is 8.33. The lowest BCUT2D eigenvalue weighted by atomic mass is 9.72. The second kappa shape index (κ2) is 14.9. The van der Waals surface area contributed by atoms with Gasteiger partial charge in [0, 0.05) is 17.9 Å². The lowest BCUT2D eigenvalue weighted by Gasteiger charge is -2.31. The van der Waals surface area contributed by atoms with Gasteiger partial charge in [0.15, 0.2) is 0 Å². The van der Waals surface area contributed by atoms with Crippen LogP contribution in [0.25, 0.3) is 0 Å². The van der Waals surface area contributed by atoms with E-state index in [1.165, 1.54) is 11.1 Å². The van der Waals surface area contributed by atoms with Gasteiger partial charge < -0.3 is 20.4 Å². The largest absolute Gasteiger partial charge is 0.508 e. The summed E-state index contributed by atoms with van der Waals surface area (Å²) in [5, 5.41) is 38.4. The number of aliphatic hydroxyl groups excluding tert-OH is 1. The minimum atomic E-state index is -0.348. The van der Waals surface area contributed by atoms with E-state index >= 15 is 0 Å². The average Bonchev–Trinajstić information content (AvgIpc) is 3.02. The van der Waals surface area contributed by atoms with Crippen molar-refractivity contribution in [1.82, 2.24) is 0 Å². The first-order valence-electron chi connectivity index (χ1n) is 14.5. The second-order valence-corrected chi connectivity index (χ2v) is 10.8. The number of phenolic OH excluding ortho intramolecular Hbond substituents is 3. The summed E-state index contributed by atoms with van der Waals surface area (Å²) in [5.74, 6) is 1.18. The Labute approximate surface area is 249 Å².